The Balaban J connectivity index is 2.79. The summed E-state index contributed by atoms with van der Waals surface area (Å²) in [5, 5.41) is 10.2. The van der Waals surface area contributed by atoms with Crippen LogP contribution >= 0.6 is 0 Å². The molecule has 16 heavy (non-hydrogen) atoms. The quantitative estimate of drug-likeness (QED) is 0.831. The maximum Gasteiger partial charge on any atom is 0.150 e. The van der Waals surface area contributed by atoms with Crippen LogP contribution in [0.4, 0.5) is 0 Å². The van der Waals surface area contributed by atoms with Gasteiger partial charge in [-0.3, -0.25) is 0 Å². The minimum absolute atomic E-state index is 0.112. The molecule has 3 nitrogen and oxygen atoms in total. The molecule has 0 radical (unpaired) electrons. The van der Waals surface area contributed by atoms with Crippen LogP contribution < -0.4 is 0 Å². The van der Waals surface area contributed by atoms with Gasteiger partial charge in [0.15, 0.2) is 0 Å². The van der Waals surface area contributed by atoms with Crippen molar-refractivity contribution in [3.05, 3.63) is 0 Å². The largest absolute Gasteiger partial charge is 0.390 e. The molecule has 1 aliphatic carbocycles. The van der Waals surface area contributed by atoms with Gasteiger partial charge in [0.25, 0.3) is 0 Å². The average molecular weight is 248 g/mol. The summed E-state index contributed by atoms with van der Waals surface area (Å²) in [4.78, 5) is 0. The van der Waals surface area contributed by atoms with Crippen molar-refractivity contribution >= 4 is 9.84 Å². The van der Waals surface area contributed by atoms with Crippen molar-refractivity contribution in [3.8, 4) is 0 Å². The maximum absolute atomic E-state index is 11.5. The number of hydrogen-bond donors (Lipinski definition) is 1. The maximum atomic E-state index is 11.5. The van der Waals surface area contributed by atoms with Crippen LogP contribution in [0.3, 0.4) is 0 Å². The van der Waals surface area contributed by atoms with Crippen LogP contribution in [0.15, 0.2) is 0 Å². The standard InChI is InChI=1S/C12H24O3S/c1-9(2)12(3,13)10-6-5-7-11(8-10)16(4,14)15/h9-11,13H,5-8H2,1-4H3. The lowest BCUT2D eigenvalue weighted by atomic mass is 9.72. The van der Waals surface area contributed by atoms with E-state index in [-0.39, 0.29) is 17.1 Å². The summed E-state index contributed by atoms with van der Waals surface area (Å²) >= 11 is 0. The molecule has 0 aromatic carbocycles. The van der Waals surface area contributed by atoms with Gasteiger partial charge in [-0.25, -0.2) is 8.42 Å². The molecule has 0 heterocycles. The zero-order valence-electron chi connectivity index (χ0n) is 10.7. The Morgan fingerprint density at radius 2 is 1.88 bits per heavy atom. The minimum Gasteiger partial charge on any atom is -0.390 e. The van der Waals surface area contributed by atoms with Gasteiger partial charge >= 0.3 is 0 Å². The molecule has 0 aromatic heterocycles. The van der Waals surface area contributed by atoms with E-state index in [1.54, 1.807) is 0 Å². The smallest absolute Gasteiger partial charge is 0.150 e. The van der Waals surface area contributed by atoms with E-state index in [2.05, 4.69) is 0 Å². The summed E-state index contributed by atoms with van der Waals surface area (Å²) in [7, 11) is -2.96. The van der Waals surface area contributed by atoms with E-state index in [0.717, 1.165) is 19.3 Å². The van der Waals surface area contributed by atoms with E-state index in [0.29, 0.717) is 6.42 Å². The summed E-state index contributed by atoms with van der Waals surface area (Å²) in [5.41, 5.74) is -0.747. The van der Waals surface area contributed by atoms with Gasteiger partial charge in [-0.1, -0.05) is 20.3 Å². The first-order chi connectivity index (χ1) is 7.15. The highest BCUT2D eigenvalue weighted by atomic mass is 32.2. The van der Waals surface area contributed by atoms with E-state index in [9.17, 15) is 13.5 Å². The van der Waals surface area contributed by atoms with E-state index < -0.39 is 15.4 Å². The van der Waals surface area contributed by atoms with Gasteiger partial charge in [-0.2, -0.15) is 0 Å². The molecule has 3 unspecified atom stereocenters. The Morgan fingerprint density at radius 3 is 2.31 bits per heavy atom. The molecule has 0 amide bonds. The third kappa shape index (κ3) is 2.98. The summed E-state index contributed by atoms with van der Waals surface area (Å²) in [5.74, 6) is 0.275. The lowest BCUT2D eigenvalue weighted by Crippen LogP contribution is -2.44. The molecule has 1 rings (SSSR count). The number of rotatable bonds is 3. The second-order valence-corrected chi connectivity index (χ2v) is 8.02. The summed E-state index contributed by atoms with van der Waals surface area (Å²) in [6, 6.07) is 0. The van der Waals surface area contributed by atoms with Crippen molar-refractivity contribution in [2.45, 2.75) is 57.3 Å². The second kappa shape index (κ2) is 4.65. The van der Waals surface area contributed by atoms with Crippen molar-refractivity contribution in [2.24, 2.45) is 11.8 Å². The Labute approximate surface area is 99.2 Å². The van der Waals surface area contributed by atoms with Crippen LogP contribution in [-0.4, -0.2) is 30.6 Å². The molecule has 3 atom stereocenters. The molecular formula is C12H24O3S. The Kier molecular flexibility index (Phi) is 4.06. The van der Waals surface area contributed by atoms with Gasteiger partial charge < -0.3 is 5.11 Å². The van der Waals surface area contributed by atoms with Gasteiger partial charge in [0, 0.05) is 6.26 Å². The first kappa shape index (κ1) is 14.0. The first-order valence-corrected chi connectivity index (χ1v) is 8.02. The molecule has 1 saturated carbocycles. The SMILES string of the molecule is CC(C)C(C)(O)C1CCCC(S(C)(=O)=O)C1. The molecule has 1 aliphatic rings. The van der Waals surface area contributed by atoms with Crippen LogP contribution in [0.25, 0.3) is 0 Å². The zero-order valence-corrected chi connectivity index (χ0v) is 11.5. The molecule has 0 aromatic rings. The Hall–Kier alpha value is -0.0900. The fourth-order valence-corrected chi connectivity index (χ4v) is 3.71. The van der Waals surface area contributed by atoms with Gasteiger partial charge in [0.2, 0.25) is 0 Å². The molecule has 0 saturated heterocycles. The molecule has 0 spiro atoms. The Morgan fingerprint density at radius 1 is 1.31 bits per heavy atom. The number of aliphatic hydroxyl groups is 1. The second-order valence-electron chi connectivity index (χ2n) is 5.70. The molecule has 1 fully saturated rings. The molecule has 0 aliphatic heterocycles. The number of hydrogen-bond acceptors (Lipinski definition) is 3. The van der Waals surface area contributed by atoms with Gasteiger partial charge in [0.1, 0.15) is 9.84 Å². The summed E-state index contributed by atoms with van der Waals surface area (Å²) < 4.78 is 23.1. The zero-order chi connectivity index (χ0) is 12.6. The van der Waals surface area contributed by atoms with E-state index in [4.69, 9.17) is 0 Å². The van der Waals surface area contributed by atoms with Crippen LogP contribution in [0.5, 0.6) is 0 Å². The Bertz CT molecular complexity index is 330. The van der Waals surface area contributed by atoms with Gasteiger partial charge in [-0.15, -0.1) is 0 Å². The van der Waals surface area contributed by atoms with Crippen molar-refractivity contribution in [2.75, 3.05) is 6.26 Å². The monoisotopic (exact) mass is 248 g/mol. The van der Waals surface area contributed by atoms with Crippen LogP contribution in [0.2, 0.25) is 0 Å². The topological polar surface area (TPSA) is 54.4 Å². The predicted molar refractivity (Wildman–Crippen MR) is 66.1 cm³/mol. The number of sulfone groups is 1. The van der Waals surface area contributed by atoms with Crippen molar-refractivity contribution < 1.29 is 13.5 Å². The molecular weight excluding hydrogens is 224 g/mol. The lowest BCUT2D eigenvalue weighted by molar-refractivity contribution is -0.0538. The molecule has 4 heteroatoms. The molecule has 96 valence electrons. The van der Waals surface area contributed by atoms with E-state index in [1.807, 2.05) is 20.8 Å². The lowest BCUT2D eigenvalue weighted by Gasteiger charge is -2.40. The van der Waals surface area contributed by atoms with Gasteiger partial charge in [0.05, 0.1) is 10.9 Å². The average Bonchev–Trinajstić information content (AvgIpc) is 2.16. The molecule has 0 bridgehead atoms. The molecule has 1 N–H and O–H groups in total. The van der Waals surface area contributed by atoms with E-state index in [1.165, 1.54) is 6.26 Å². The van der Waals surface area contributed by atoms with Crippen molar-refractivity contribution in [3.63, 3.8) is 0 Å². The third-order valence-electron chi connectivity index (χ3n) is 4.23. The third-order valence-corrected chi connectivity index (χ3v) is 5.87. The van der Waals surface area contributed by atoms with Crippen LogP contribution in [-0.2, 0) is 9.84 Å². The normalized spacial score (nSPS) is 31.4. The first-order valence-electron chi connectivity index (χ1n) is 6.07. The fourth-order valence-electron chi connectivity index (χ4n) is 2.54. The summed E-state index contributed by atoms with van der Waals surface area (Å²) in [6.45, 7) is 5.82. The minimum atomic E-state index is -2.96. The van der Waals surface area contributed by atoms with Gasteiger partial charge in [-0.05, 0) is 38.0 Å². The predicted octanol–water partition coefficient (Wildman–Crippen LogP) is 2.00. The van der Waals surface area contributed by atoms with Crippen molar-refractivity contribution in [1.29, 1.82) is 0 Å². The van der Waals surface area contributed by atoms with Crippen molar-refractivity contribution in [1.82, 2.24) is 0 Å². The van der Waals surface area contributed by atoms with Crippen LogP contribution in [0.1, 0.15) is 46.5 Å². The highest BCUT2D eigenvalue weighted by molar-refractivity contribution is 7.91. The van der Waals surface area contributed by atoms with Crippen LogP contribution in [0, 0.1) is 11.8 Å². The summed E-state index contributed by atoms with van der Waals surface area (Å²) in [6.07, 6.45) is 4.53. The highest BCUT2D eigenvalue weighted by Crippen LogP contribution is 2.38. The highest BCUT2D eigenvalue weighted by Gasteiger charge is 2.40. The van der Waals surface area contributed by atoms with E-state index >= 15 is 0 Å². The fraction of sp³-hybridized carbons (Fsp3) is 1.00.